The molecule has 0 N–H and O–H groups in total. The normalized spacial score (nSPS) is 14.7. The van der Waals surface area contributed by atoms with Gasteiger partial charge in [0.1, 0.15) is 0 Å². The third kappa shape index (κ3) is 5.23. The van der Waals surface area contributed by atoms with Crippen molar-refractivity contribution in [3.63, 3.8) is 0 Å². The van der Waals surface area contributed by atoms with Crippen molar-refractivity contribution in [3.05, 3.63) is 53.9 Å². The number of nitrogens with zero attached hydrogens (tertiary/aromatic N) is 3. The Morgan fingerprint density at radius 1 is 1.04 bits per heavy atom. The minimum Gasteiger partial charge on any atom is -0.490 e. The Hall–Kier alpha value is -2.60. The van der Waals surface area contributed by atoms with E-state index in [1.165, 1.54) is 0 Å². The van der Waals surface area contributed by atoms with Crippen molar-refractivity contribution in [3.8, 4) is 11.5 Å². The van der Waals surface area contributed by atoms with E-state index < -0.39 is 0 Å². The van der Waals surface area contributed by atoms with Crippen molar-refractivity contribution in [2.75, 3.05) is 39.4 Å². The number of hydrogen-bond acceptors (Lipinski definition) is 5. The van der Waals surface area contributed by atoms with E-state index in [0.29, 0.717) is 43.4 Å². The number of pyridine rings is 1. The van der Waals surface area contributed by atoms with Crippen LogP contribution in [0.3, 0.4) is 0 Å². The summed E-state index contributed by atoms with van der Waals surface area (Å²) in [7, 11) is 0. The fourth-order valence-electron chi connectivity index (χ4n) is 3.25. The summed E-state index contributed by atoms with van der Waals surface area (Å²) in [5.74, 6) is 1.37. The Labute approximate surface area is 167 Å². The fourth-order valence-corrected chi connectivity index (χ4v) is 3.25. The summed E-state index contributed by atoms with van der Waals surface area (Å²) in [5.41, 5.74) is 1.71. The summed E-state index contributed by atoms with van der Waals surface area (Å²) in [6.45, 7) is 9.09. The van der Waals surface area contributed by atoms with E-state index in [4.69, 9.17) is 9.47 Å². The summed E-state index contributed by atoms with van der Waals surface area (Å²) >= 11 is 0. The quantitative estimate of drug-likeness (QED) is 0.701. The molecule has 150 valence electrons. The number of aromatic nitrogens is 1. The maximum absolute atomic E-state index is 12.9. The van der Waals surface area contributed by atoms with Crippen LogP contribution in [0.4, 0.5) is 0 Å². The molecule has 1 aliphatic rings. The van der Waals surface area contributed by atoms with Crippen molar-refractivity contribution in [2.24, 2.45) is 0 Å². The highest BCUT2D eigenvalue weighted by molar-refractivity contribution is 5.95. The predicted molar refractivity (Wildman–Crippen MR) is 109 cm³/mol. The maximum atomic E-state index is 12.9. The van der Waals surface area contributed by atoms with E-state index in [2.05, 4.69) is 16.8 Å². The molecule has 0 unspecified atom stereocenters. The van der Waals surface area contributed by atoms with Crippen LogP contribution in [-0.4, -0.2) is 60.1 Å². The SMILES string of the molecule is CCCOc1ccc(C(=O)N2CCN(Cc3ccccn3)CC2)cc1OCC. The first-order valence-electron chi connectivity index (χ1n) is 10.0. The number of carbonyl (C=O) groups excluding carboxylic acids is 1. The predicted octanol–water partition coefficient (Wildman–Crippen LogP) is 3.23. The van der Waals surface area contributed by atoms with E-state index in [9.17, 15) is 4.79 Å². The van der Waals surface area contributed by atoms with Gasteiger partial charge in [-0.05, 0) is 43.7 Å². The average molecular weight is 383 g/mol. The Bertz CT molecular complexity index is 759. The standard InChI is InChI=1S/C22H29N3O3/c1-3-15-28-20-9-8-18(16-21(20)27-4-2)22(26)25-13-11-24(12-14-25)17-19-7-5-6-10-23-19/h5-10,16H,3-4,11-15,17H2,1-2H3. The molecule has 28 heavy (non-hydrogen) atoms. The monoisotopic (exact) mass is 383 g/mol. The van der Waals surface area contributed by atoms with E-state index in [1.807, 2.05) is 48.4 Å². The van der Waals surface area contributed by atoms with Gasteiger partial charge in [0.15, 0.2) is 11.5 Å². The number of piperazine rings is 1. The summed E-state index contributed by atoms with van der Waals surface area (Å²) in [6.07, 6.45) is 2.74. The van der Waals surface area contributed by atoms with Gasteiger partial charge < -0.3 is 14.4 Å². The number of amides is 1. The molecule has 1 fully saturated rings. The molecule has 6 nitrogen and oxygen atoms in total. The first kappa shape index (κ1) is 20.1. The second kappa shape index (κ2) is 10.1. The van der Waals surface area contributed by atoms with Gasteiger partial charge in [-0.3, -0.25) is 14.7 Å². The van der Waals surface area contributed by atoms with Gasteiger partial charge in [0, 0.05) is 44.5 Å². The highest BCUT2D eigenvalue weighted by atomic mass is 16.5. The highest BCUT2D eigenvalue weighted by Crippen LogP contribution is 2.29. The van der Waals surface area contributed by atoms with Gasteiger partial charge in [0.25, 0.3) is 5.91 Å². The largest absolute Gasteiger partial charge is 0.490 e. The number of benzene rings is 1. The minimum absolute atomic E-state index is 0.0421. The zero-order valence-corrected chi connectivity index (χ0v) is 16.8. The van der Waals surface area contributed by atoms with Crippen LogP contribution in [0.5, 0.6) is 11.5 Å². The topological polar surface area (TPSA) is 54.9 Å². The van der Waals surface area contributed by atoms with Crippen molar-refractivity contribution in [1.82, 2.24) is 14.8 Å². The van der Waals surface area contributed by atoms with E-state index in [0.717, 1.165) is 31.7 Å². The average Bonchev–Trinajstić information content (AvgIpc) is 2.74. The van der Waals surface area contributed by atoms with Crippen LogP contribution < -0.4 is 9.47 Å². The lowest BCUT2D eigenvalue weighted by Crippen LogP contribution is -2.48. The molecule has 1 amide bonds. The van der Waals surface area contributed by atoms with Gasteiger partial charge in [-0.25, -0.2) is 0 Å². The number of hydrogen-bond donors (Lipinski definition) is 0. The second-order valence-electron chi connectivity index (χ2n) is 6.83. The van der Waals surface area contributed by atoms with E-state index >= 15 is 0 Å². The molecule has 6 heteroatoms. The lowest BCUT2D eigenvalue weighted by molar-refractivity contribution is 0.0626. The van der Waals surface area contributed by atoms with Crippen molar-refractivity contribution in [2.45, 2.75) is 26.8 Å². The first-order chi connectivity index (χ1) is 13.7. The molecular weight excluding hydrogens is 354 g/mol. The van der Waals surface area contributed by atoms with Crippen LogP contribution >= 0.6 is 0 Å². The smallest absolute Gasteiger partial charge is 0.254 e. The molecule has 3 rings (SSSR count). The van der Waals surface area contributed by atoms with Gasteiger partial charge in [0.2, 0.25) is 0 Å². The molecule has 0 spiro atoms. The van der Waals surface area contributed by atoms with Crippen molar-refractivity contribution < 1.29 is 14.3 Å². The summed E-state index contributed by atoms with van der Waals surface area (Å²) in [6, 6.07) is 11.4. The van der Waals surface area contributed by atoms with Crippen molar-refractivity contribution >= 4 is 5.91 Å². The minimum atomic E-state index is 0.0421. The van der Waals surface area contributed by atoms with Gasteiger partial charge in [-0.1, -0.05) is 13.0 Å². The van der Waals surface area contributed by atoms with Crippen LogP contribution in [0, 0.1) is 0 Å². The van der Waals surface area contributed by atoms with Crippen LogP contribution in [0.25, 0.3) is 0 Å². The highest BCUT2D eigenvalue weighted by Gasteiger charge is 2.23. The molecular formula is C22H29N3O3. The first-order valence-corrected chi connectivity index (χ1v) is 10.0. The molecule has 1 aromatic carbocycles. The third-order valence-electron chi connectivity index (χ3n) is 4.72. The molecule has 0 radical (unpaired) electrons. The van der Waals surface area contributed by atoms with Crippen LogP contribution in [0.1, 0.15) is 36.3 Å². The number of ether oxygens (including phenoxy) is 2. The summed E-state index contributed by atoms with van der Waals surface area (Å²) in [4.78, 5) is 21.6. The number of rotatable bonds is 8. The molecule has 0 saturated carbocycles. The van der Waals surface area contributed by atoms with Gasteiger partial charge in [0.05, 0.1) is 18.9 Å². The summed E-state index contributed by atoms with van der Waals surface area (Å²) in [5, 5.41) is 0. The Morgan fingerprint density at radius 2 is 1.86 bits per heavy atom. The maximum Gasteiger partial charge on any atom is 0.254 e. The molecule has 0 bridgehead atoms. The van der Waals surface area contributed by atoms with Crippen LogP contribution in [0.15, 0.2) is 42.6 Å². The molecule has 0 aliphatic carbocycles. The Kier molecular flexibility index (Phi) is 7.25. The number of carbonyl (C=O) groups is 1. The lowest BCUT2D eigenvalue weighted by Gasteiger charge is -2.34. The Morgan fingerprint density at radius 3 is 2.54 bits per heavy atom. The summed E-state index contributed by atoms with van der Waals surface area (Å²) < 4.78 is 11.4. The lowest BCUT2D eigenvalue weighted by atomic mass is 10.1. The van der Waals surface area contributed by atoms with E-state index in [1.54, 1.807) is 6.07 Å². The fraction of sp³-hybridized carbons (Fsp3) is 0.455. The van der Waals surface area contributed by atoms with Crippen LogP contribution in [0.2, 0.25) is 0 Å². The Balaban J connectivity index is 1.60. The molecule has 1 aliphatic heterocycles. The van der Waals surface area contributed by atoms with Crippen LogP contribution in [-0.2, 0) is 6.54 Å². The van der Waals surface area contributed by atoms with Gasteiger partial charge in [-0.2, -0.15) is 0 Å². The molecule has 1 saturated heterocycles. The molecule has 2 aromatic rings. The zero-order valence-electron chi connectivity index (χ0n) is 16.8. The third-order valence-corrected chi connectivity index (χ3v) is 4.72. The van der Waals surface area contributed by atoms with Gasteiger partial charge >= 0.3 is 0 Å². The van der Waals surface area contributed by atoms with Gasteiger partial charge in [-0.15, -0.1) is 0 Å². The second-order valence-corrected chi connectivity index (χ2v) is 6.83. The molecule has 0 atom stereocenters. The molecule has 2 heterocycles. The van der Waals surface area contributed by atoms with Crippen molar-refractivity contribution in [1.29, 1.82) is 0 Å². The van der Waals surface area contributed by atoms with E-state index in [-0.39, 0.29) is 5.91 Å². The zero-order chi connectivity index (χ0) is 19.8. The molecule has 1 aromatic heterocycles.